The highest BCUT2D eigenvalue weighted by Crippen LogP contribution is 2.27. The molecule has 0 spiro atoms. The van der Waals surface area contributed by atoms with Crippen LogP contribution < -0.4 is 5.32 Å². The number of likely N-dealkylation sites (tertiary alicyclic amines) is 1. The number of furan rings is 1. The molecule has 5 nitrogen and oxygen atoms in total. The Bertz CT molecular complexity index is 736. The molecule has 1 aromatic carbocycles. The molecule has 0 atom stereocenters. The molecule has 3 rings (SSSR count). The van der Waals surface area contributed by atoms with Crippen LogP contribution in [0.4, 0.5) is 4.39 Å². The summed E-state index contributed by atoms with van der Waals surface area (Å²) in [6, 6.07) is 4.73. The number of benzene rings is 1. The Morgan fingerprint density at radius 2 is 2.16 bits per heavy atom. The van der Waals surface area contributed by atoms with Crippen LogP contribution in [0.2, 0.25) is 0 Å². The molecule has 1 saturated heterocycles. The highest BCUT2D eigenvalue weighted by Gasteiger charge is 2.22. The van der Waals surface area contributed by atoms with Crippen LogP contribution in [0.3, 0.4) is 0 Å². The Hall–Kier alpha value is -1.92. The lowest BCUT2D eigenvalue weighted by Gasteiger charge is -2.31. The summed E-state index contributed by atoms with van der Waals surface area (Å²) in [5, 5.41) is 3.60. The fourth-order valence-electron chi connectivity index (χ4n) is 3.38. The van der Waals surface area contributed by atoms with E-state index in [1.165, 1.54) is 6.07 Å². The predicted octanol–water partition coefficient (Wildman–Crippen LogP) is 2.97. The molecule has 0 saturated carbocycles. The van der Waals surface area contributed by atoms with Gasteiger partial charge in [0, 0.05) is 31.1 Å². The fourth-order valence-corrected chi connectivity index (χ4v) is 3.38. The van der Waals surface area contributed by atoms with Gasteiger partial charge in [-0.25, -0.2) is 4.39 Å². The molecular weight excluding hydrogens is 323 g/mol. The summed E-state index contributed by atoms with van der Waals surface area (Å²) in [5.74, 6) is -0.0419. The van der Waals surface area contributed by atoms with Crippen molar-refractivity contribution >= 4 is 16.9 Å². The number of ether oxygens (including phenoxy) is 1. The average Bonchev–Trinajstić information content (AvgIpc) is 2.97. The van der Waals surface area contributed by atoms with Crippen molar-refractivity contribution in [3.63, 3.8) is 0 Å². The molecule has 0 aliphatic carbocycles. The number of methoxy groups -OCH3 is 1. The normalized spacial score (nSPS) is 16.4. The SMILES string of the molecule is COCCN1CCC(CNC(=O)c2oc3c(F)cccc3c2C)CC1. The number of nitrogens with zero attached hydrogens (tertiary/aromatic N) is 1. The quantitative estimate of drug-likeness (QED) is 0.872. The fraction of sp³-hybridized carbons (Fsp3) is 0.526. The second kappa shape index (κ2) is 7.97. The monoisotopic (exact) mass is 348 g/mol. The van der Waals surface area contributed by atoms with Crippen LogP contribution in [-0.4, -0.2) is 50.7 Å². The predicted molar refractivity (Wildman–Crippen MR) is 94.3 cm³/mol. The molecule has 136 valence electrons. The van der Waals surface area contributed by atoms with Gasteiger partial charge in [-0.1, -0.05) is 12.1 Å². The summed E-state index contributed by atoms with van der Waals surface area (Å²) in [4.78, 5) is 14.8. The van der Waals surface area contributed by atoms with Crippen molar-refractivity contribution in [2.24, 2.45) is 5.92 Å². The molecular formula is C19H25FN2O3. The number of para-hydroxylation sites is 1. The second-order valence-electron chi connectivity index (χ2n) is 6.66. The number of fused-ring (bicyclic) bond motifs is 1. The van der Waals surface area contributed by atoms with Crippen LogP contribution >= 0.6 is 0 Å². The molecule has 1 amide bonds. The molecule has 1 aromatic heterocycles. The van der Waals surface area contributed by atoms with Crippen molar-refractivity contribution in [1.82, 2.24) is 10.2 Å². The van der Waals surface area contributed by atoms with Crippen LogP contribution in [-0.2, 0) is 4.74 Å². The number of carbonyl (C=O) groups excluding carboxylic acids is 1. The molecule has 25 heavy (non-hydrogen) atoms. The van der Waals surface area contributed by atoms with Crippen LogP contribution in [0.25, 0.3) is 11.0 Å². The molecule has 1 fully saturated rings. The lowest BCUT2D eigenvalue weighted by molar-refractivity contribution is 0.0900. The van der Waals surface area contributed by atoms with Gasteiger partial charge in [-0.15, -0.1) is 0 Å². The molecule has 1 N–H and O–H groups in total. The Kier molecular flexibility index (Phi) is 5.71. The minimum atomic E-state index is -0.442. The summed E-state index contributed by atoms with van der Waals surface area (Å²) in [6.45, 7) is 6.17. The van der Waals surface area contributed by atoms with E-state index in [-0.39, 0.29) is 17.3 Å². The minimum Gasteiger partial charge on any atom is -0.448 e. The van der Waals surface area contributed by atoms with E-state index in [9.17, 15) is 9.18 Å². The Morgan fingerprint density at radius 1 is 1.40 bits per heavy atom. The number of rotatable bonds is 6. The maximum absolute atomic E-state index is 13.8. The third kappa shape index (κ3) is 4.02. The third-order valence-electron chi connectivity index (χ3n) is 4.99. The van der Waals surface area contributed by atoms with Crippen molar-refractivity contribution in [1.29, 1.82) is 0 Å². The second-order valence-corrected chi connectivity index (χ2v) is 6.66. The first kappa shape index (κ1) is 17.9. The summed E-state index contributed by atoms with van der Waals surface area (Å²) in [5.41, 5.74) is 0.831. The first-order chi connectivity index (χ1) is 12.1. The van der Waals surface area contributed by atoms with Crippen LogP contribution in [0.5, 0.6) is 0 Å². The summed E-state index contributed by atoms with van der Waals surface area (Å²) in [7, 11) is 1.72. The highest BCUT2D eigenvalue weighted by molar-refractivity contribution is 5.98. The van der Waals surface area contributed by atoms with Gasteiger partial charge in [-0.2, -0.15) is 0 Å². The topological polar surface area (TPSA) is 54.7 Å². The molecule has 1 aliphatic heterocycles. The first-order valence-corrected chi connectivity index (χ1v) is 8.77. The van der Waals surface area contributed by atoms with E-state index in [0.717, 1.165) is 39.1 Å². The average molecular weight is 348 g/mol. The van der Waals surface area contributed by atoms with Crippen molar-refractivity contribution in [3.05, 3.63) is 35.3 Å². The van der Waals surface area contributed by atoms with Gasteiger partial charge in [0.05, 0.1) is 6.61 Å². The summed E-state index contributed by atoms with van der Waals surface area (Å²) in [6.07, 6.45) is 2.11. The lowest BCUT2D eigenvalue weighted by Crippen LogP contribution is -2.39. The molecule has 2 heterocycles. The van der Waals surface area contributed by atoms with E-state index in [0.29, 0.717) is 23.4 Å². The van der Waals surface area contributed by atoms with Crippen LogP contribution in [0, 0.1) is 18.7 Å². The Labute approximate surface area is 147 Å². The van der Waals surface area contributed by atoms with E-state index < -0.39 is 5.82 Å². The zero-order valence-corrected chi connectivity index (χ0v) is 14.8. The van der Waals surface area contributed by atoms with Gasteiger partial charge in [0.1, 0.15) is 0 Å². The van der Waals surface area contributed by atoms with Crippen LogP contribution in [0.1, 0.15) is 29.0 Å². The van der Waals surface area contributed by atoms with Crippen molar-refractivity contribution in [2.45, 2.75) is 19.8 Å². The first-order valence-electron chi connectivity index (χ1n) is 8.77. The van der Waals surface area contributed by atoms with Gasteiger partial charge < -0.3 is 19.4 Å². The van der Waals surface area contributed by atoms with Crippen molar-refractivity contribution < 1.29 is 18.3 Å². The summed E-state index contributed by atoms with van der Waals surface area (Å²) >= 11 is 0. The zero-order chi connectivity index (χ0) is 17.8. The molecule has 0 bridgehead atoms. The number of aryl methyl sites for hydroxylation is 1. The molecule has 0 unspecified atom stereocenters. The molecule has 6 heteroatoms. The van der Waals surface area contributed by atoms with Gasteiger partial charge in [0.25, 0.3) is 5.91 Å². The number of carbonyl (C=O) groups is 1. The lowest BCUT2D eigenvalue weighted by atomic mass is 9.97. The van der Waals surface area contributed by atoms with Crippen molar-refractivity contribution in [2.75, 3.05) is 39.9 Å². The number of hydrogen-bond acceptors (Lipinski definition) is 4. The van der Waals surface area contributed by atoms with E-state index in [4.69, 9.17) is 9.15 Å². The van der Waals surface area contributed by atoms with E-state index in [1.807, 2.05) is 0 Å². The Balaban J connectivity index is 1.55. The number of amides is 1. The van der Waals surface area contributed by atoms with E-state index in [1.54, 1.807) is 26.2 Å². The van der Waals surface area contributed by atoms with E-state index >= 15 is 0 Å². The summed E-state index contributed by atoms with van der Waals surface area (Å²) < 4.78 is 24.4. The number of piperidine rings is 1. The van der Waals surface area contributed by atoms with Gasteiger partial charge in [-0.3, -0.25) is 4.79 Å². The number of nitrogens with one attached hydrogen (secondary N) is 1. The zero-order valence-electron chi connectivity index (χ0n) is 14.8. The van der Waals surface area contributed by atoms with Gasteiger partial charge >= 0.3 is 0 Å². The number of hydrogen-bond donors (Lipinski definition) is 1. The smallest absolute Gasteiger partial charge is 0.287 e. The van der Waals surface area contributed by atoms with Crippen molar-refractivity contribution in [3.8, 4) is 0 Å². The third-order valence-corrected chi connectivity index (χ3v) is 4.99. The maximum Gasteiger partial charge on any atom is 0.287 e. The minimum absolute atomic E-state index is 0.150. The standard InChI is InChI=1S/C19H25FN2O3/c1-13-15-4-3-5-16(20)18(15)25-17(13)19(23)21-12-14-6-8-22(9-7-14)10-11-24-2/h3-5,14H,6-12H2,1-2H3,(H,21,23). The molecule has 2 aromatic rings. The van der Waals surface area contributed by atoms with Crippen LogP contribution in [0.15, 0.2) is 22.6 Å². The highest BCUT2D eigenvalue weighted by atomic mass is 19.1. The van der Waals surface area contributed by atoms with Gasteiger partial charge in [-0.05, 0) is 44.8 Å². The Morgan fingerprint density at radius 3 is 2.84 bits per heavy atom. The maximum atomic E-state index is 13.8. The number of halogens is 1. The van der Waals surface area contributed by atoms with E-state index in [2.05, 4.69) is 10.2 Å². The molecule has 0 radical (unpaired) electrons. The van der Waals surface area contributed by atoms with Gasteiger partial charge in [0.2, 0.25) is 0 Å². The largest absolute Gasteiger partial charge is 0.448 e. The van der Waals surface area contributed by atoms with Gasteiger partial charge in [0.15, 0.2) is 17.2 Å². The molecule has 1 aliphatic rings.